The number of anilines is 2. The van der Waals surface area contributed by atoms with Crippen LogP contribution in [0.2, 0.25) is 0 Å². The maximum absolute atomic E-state index is 13.4. The molecule has 0 saturated heterocycles. The third kappa shape index (κ3) is 7.38. The largest absolute Gasteiger partial charge is 0.457 e. The van der Waals surface area contributed by atoms with Crippen molar-refractivity contribution in [1.82, 2.24) is 0 Å². The van der Waals surface area contributed by atoms with Gasteiger partial charge in [-0.3, -0.25) is 14.4 Å². The Morgan fingerprint density at radius 3 is 2.29 bits per heavy atom. The third-order valence-electron chi connectivity index (χ3n) is 6.48. The van der Waals surface area contributed by atoms with Crippen molar-refractivity contribution in [2.45, 2.75) is 13.3 Å². The summed E-state index contributed by atoms with van der Waals surface area (Å²) in [5.41, 5.74) is 4.41. The van der Waals surface area contributed by atoms with Gasteiger partial charge in [-0.15, -0.1) is 0 Å². The summed E-state index contributed by atoms with van der Waals surface area (Å²) in [7, 11) is 0. The fourth-order valence-electron chi connectivity index (χ4n) is 4.30. The Bertz CT molecular complexity index is 1760. The number of aryl methyl sites for hydroxylation is 1. The highest BCUT2D eigenvalue weighted by Gasteiger charge is 2.17. The Balaban J connectivity index is 1.32. The highest BCUT2D eigenvalue weighted by molar-refractivity contribution is 9.10. The first kappa shape index (κ1) is 28.5. The molecule has 0 radical (unpaired) electrons. The fraction of sp³-hybridized carbons (Fsp3) is 0.0571. The molecule has 0 unspecified atom stereocenters. The number of nitrogens with one attached hydrogen (secondary N) is 2. The molecular weight excluding hydrogens is 592 g/mol. The highest BCUT2D eigenvalue weighted by Crippen LogP contribution is 2.26. The zero-order valence-corrected chi connectivity index (χ0v) is 24.4. The van der Waals surface area contributed by atoms with Gasteiger partial charge in [0.25, 0.3) is 0 Å². The van der Waals surface area contributed by atoms with Crippen LogP contribution in [0.25, 0.3) is 17.4 Å². The van der Waals surface area contributed by atoms with Crippen molar-refractivity contribution in [3.05, 3.63) is 148 Å². The van der Waals surface area contributed by atoms with Crippen molar-refractivity contribution in [2.24, 2.45) is 0 Å². The number of carbonyl (C=O) groups excluding carboxylic acids is 3. The first-order valence-electron chi connectivity index (χ1n) is 13.3. The second-order valence-corrected chi connectivity index (χ2v) is 10.6. The topological polar surface area (TPSA) is 88.4 Å². The van der Waals surface area contributed by atoms with E-state index in [-0.39, 0.29) is 23.7 Å². The second-order valence-electron chi connectivity index (χ2n) is 9.70. The summed E-state index contributed by atoms with van der Waals surface area (Å²) in [4.78, 5) is 39.0. The van der Waals surface area contributed by atoms with Crippen molar-refractivity contribution in [2.75, 3.05) is 10.6 Å². The summed E-state index contributed by atoms with van der Waals surface area (Å²) >= 11 is 3.42. The number of halogens is 1. The number of rotatable bonds is 9. The average Bonchev–Trinajstić information content (AvgIpc) is 3.48. The van der Waals surface area contributed by atoms with E-state index in [0.29, 0.717) is 28.5 Å². The molecule has 5 rings (SSSR count). The predicted octanol–water partition coefficient (Wildman–Crippen LogP) is 8.08. The van der Waals surface area contributed by atoms with Crippen LogP contribution in [0.4, 0.5) is 11.4 Å². The molecule has 0 saturated carbocycles. The quantitative estimate of drug-likeness (QED) is 0.129. The maximum Gasteiger partial charge on any atom is 0.248 e. The summed E-state index contributed by atoms with van der Waals surface area (Å²) in [6.45, 7) is 1.99. The Labute approximate surface area is 252 Å². The number of hydrogen-bond acceptors (Lipinski definition) is 4. The Hall–Kier alpha value is -5.01. The van der Waals surface area contributed by atoms with Crippen molar-refractivity contribution in [1.29, 1.82) is 0 Å². The molecular formula is C35H27BrN2O4. The summed E-state index contributed by atoms with van der Waals surface area (Å²) in [6, 6.07) is 32.7. The Morgan fingerprint density at radius 1 is 0.810 bits per heavy atom. The lowest BCUT2D eigenvalue weighted by molar-refractivity contribution is -0.115. The number of amides is 2. The van der Waals surface area contributed by atoms with E-state index in [0.717, 1.165) is 21.2 Å². The molecule has 0 aliphatic heterocycles. The van der Waals surface area contributed by atoms with Gasteiger partial charge in [-0.25, -0.2) is 0 Å². The molecule has 2 N–H and O–H groups in total. The third-order valence-corrected chi connectivity index (χ3v) is 7.01. The molecule has 0 fully saturated rings. The summed E-state index contributed by atoms with van der Waals surface area (Å²) in [5, 5.41) is 5.66. The zero-order valence-electron chi connectivity index (χ0n) is 22.8. The van der Waals surface area contributed by atoms with Crippen molar-refractivity contribution in [3.8, 4) is 11.3 Å². The molecule has 0 bridgehead atoms. The van der Waals surface area contributed by atoms with E-state index in [4.69, 9.17) is 4.42 Å². The van der Waals surface area contributed by atoms with Crippen LogP contribution < -0.4 is 10.6 Å². The Kier molecular flexibility index (Phi) is 8.90. The Morgan fingerprint density at radius 2 is 1.55 bits per heavy atom. The fourth-order valence-corrected chi connectivity index (χ4v) is 4.57. The number of furan rings is 1. The predicted molar refractivity (Wildman–Crippen MR) is 169 cm³/mol. The molecule has 5 aromatic rings. The highest BCUT2D eigenvalue weighted by atomic mass is 79.9. The smallest absolute Gasteiger partial charge is 0.248 e. The number of carbonyl (C=O) groups is 3. The van der Waals surface area contributed by atoms with Gasteiger partial charge in [0.05, 0.1) is 12.1 Å². The van der Waals surface area contributed by atoms with E-state index in [2.05, 4.69) is 26.6 Å². The maximum atomic E-state index is 13.4. The minimum atomic E-state index is -0.397. The molecule has 42 heavy (non-hydrogen) atoms. The summed E-state index contributed by atoms with van der Waals surface area (Å²) in [6.07, 6.45) is 3.10. The van der Waals surface area contributed by atoms with E-state index in [1.54, 1.807) is 54.6 Å². The van der Waals surface area contributed by atoms with Crippen molar-refractivity contribution < 1.29 is 18.8 Å². The first-order chi connectivity index (χ1) is 20.3. The van der Waals surface area contributed by atoms with Crippen LogP contribution in [0.15, 0.2) is 124 Å². The molecule has 0 aliphatic carbocycles. The van der Waals surface area contributed by atoms with E-state index >= 15 is 0 Å². The van der Waals surface area contributed by atoms with Crippen LogP contribution in [0.3, 0.4) is 0 Å². The normalized spacial score (nSPS) is 10.9. The molecule has 0 atom stereocenters. The monoisotopic (exact) mass is 618 g/mol. The van der Waals surface area contributed by atoms with E-state index in [9.17, 15) is 14.4 Å². The summed E-state index contributed by atoms with van der Waals surface area (Å²) < 4.78 is 6.82. The van der Waals surface area contributed by atoms with Gasteiger partial charge in [-0.2, -0.15) is 0 Å². The molecule has 0 spiro atoms. The van der Waals surface area contributed by atoms with Crippen LogP contribution in [0, 0.1) is 6.92 Å². The van der Waals surface area contributed by atoms with Crippen LogP contribution in [-0.2, 0) is 16.0 Å². The molecule has 2 amide bonds. The van der Waals surface area contributed by atoms with Crippen LogP contribution >= 0.6 is 15.9 Å². The minimum Gasteiger partial charge on any atom is -0.457 e. The van der Waals surface area contributed by atoms with Gasteiger partial charge >= 0.3 is 0 Å². The van der Waals surface area contributed by atoms with Gasteiger partial charge in [0.2, 0.25) is 11.8 Å². The number of hydrogen-bond donors (Lipinski definition) is 2. The zero-order chi connectivity index (χ0) is 29.5. The molecule has 0 aliphatic rings. The molecule has 6 nitrogen and oxygen atoms in total. The summed E-state index contributed by atoms with van der Waals surface area (Å²) in [5.74, 6) is 0.290. The molecule has 4 aromatic carbocycles. The lowest BCUT2D eigenvalue weighted by Crippen LogP contribution is -2.18. The SMILES string of the molecule is Cc1ccc(CC(=O)Nc2ccc(NC(=O)/C=C/c3ccc(-c4ccc(Br)cc4)o3)cc2C(=O)c2ccccc2)cc1. The second kappa shape index (κ2) is 13.1. The lowest BCUT2D eigenvalue weighted by atomic mass is 10.0. The number of benzene rings is 4. The van der Waals surface area contributed by atoms with Gasteiger partial charge in [0, 0.05) is 32.9 Å². The van der Waals surface area contributed by atoms with Crippen molar-refractivity contribution in [3.63, 3.8) is 0 Å². The van der Waals surface area contributed by atoms with Crippen LogP contribution in [0.5, 0.6) is 0 Å². The average molecular weight is 620 g/mol. The van der Waals surface area contributed by atoms with E-state index in [1.165, 1.54) is 6.08 Å². The van der Waals surface area contributed by atoms with Gasteiger partial charge in [0.15, 0.2) is 5.78 Å². The molecule has 1 aromatic heterocycles. The van der Waals surface area contributed by atoms with Gasteiger partial charge < -0.3 is 15.1 Å². The first-order valence-corrected chi connectivity index (χ1v) is 14.1. The minimum absolute atomic E-state index is 0.166. The molecule has 208 valence electrons. The standard InChI is InChI=1S/C35H27BrN2O4/c1-23-7-9-24(10-8-23)21-34(40)38-31-18-15-28(22-30(31)35(41)26-5-3-2-4-6-26)37-33(39)20-17-29-16-19-32(42-29)25-11-13-27(36)14-12-25/h2-20,22H,21H2,1H3,(H,37,39)(H,38,40)/b20-17+. The van der Waals surface area contributed by atoms with Gasteiger partial charge in [-0.1, -0.05) is 88.2 Å². The molecule has 7 heteroatoms. The van der Waals surface area contributed by atoms with Gasteiger partial charge in [0.1, 0.15) is 11.5 Å². The van der Waals surface area contributed by atoms with Crippen LogP contribution in [0.1, 0.15) is 32.8 Å². The van der Waals surface area contributed by atoms with E-state index in [1.807, 2.05) is 67.6 Å². The number of ketones is 1. The van der Waals surface area contributed by atoms with Gasteiger partial charge in [-0.05, 0) is 61.0 Å². The van der Waals surface area contributed by atoms with E-state index < -0.39 is 5.91 Å². The van der Waals surface area contributed by atoms with Crippen molar-refractivity contribution >= 4 is 51.0 Å². The lowest BCUT2D eigenvalue weighted by Gasteiger charge is -2.13. The molecule has 1 heterocycles. The van der Waals surface area contributed by atoms with Crippen LogP contribution in [-0.4, -0.2) is 17.6 Å².